The van der Waals surface area contributed by atoms with Crippen LogP contribution in [-0.4, -0.2) is 27.6 Å². The molecule has 0 saturated heterocycles. The maximum Gasteiger partial charge on any atom is 0.224 e. The van der Waals surface area contributed by atoms with Gasteiger partial charge in [0, 0.05) is 25.1 Å². The summed E-state index contributed by atoms with van der Waals surface area (Å²) >= 11 is 0. The average molecular weight is 273 g/mol. The van der Waals surface area contributed by atoms with E-state index in [4.69, 9.17) is 0 Å². The largest absolute Gasteiger partial charge is 0.326 e. The van der Waals surface area contributed by atoms with E-state index in [9.17, 15) is 4.79 Å². The summed E-state index contributed by atoms with van der Waals surface area (Å²) in [5.41, 5.74) is 1.97. The quantitative estimate of drug-likeness (QED) is 0.713. The summed E-state index contributed by atoms with van der Waals surface area (Å²) < 4.78 is 0. The summed E-state index contributed by atoms with van der Waals surface area (Å²) in [4.78, 5) is 15.8. The standard InChI is InChI=1S/C14H19N5O/c1-2-15-9-11-4-3-5-12(8-11)18-14(20)7-6-13-16-10-17-19-13/h3-5,8,10,15H,2,6-7,9H2,1H3,(H,18,20)(H,16,17,19). The van der Waals surface area contributed by atoms with E-state index in [0.29, 0.717) is 12.8 Å². The molecule has 0 unspecified atom stereocenters. The molecule has 0 atom stereocenters. The van der Waals surface area contributed by atoms with Crippen molar-refractivity contribution in [2.75, 3.05) is 11.9 Å². The summed E-state index contributed by atoms with van der Waals surface area (Å²) in [5, 5.41) is 12.6. The molecule has 1 aromatic carbocycles. The number of anilines is 1. The second-order valence-electron chi connectivity index (χ2n) is 4.46. The van der Waals surface area contributed by atoms with Gasteiger partial charge in [0.15, 0.2) is 0 Å². The van der Waals surface area contributed by atoms with Crippen LogP contribution < -0.4 is 10.6 Å². The van der Waals surface area contributed by atoms with Crippen molar-refractivity contribution < 1.29 is 4.79 Å². The molecule has 0 radical (unpaired) electrons. The number of H-pyrrole nitrogens is 1. The maximum absolute atomic E-state index is 11.8. The van der Waals surface area contributed by atoms with E-state index in [2.05, 4.69) is 32.7 Å². The monoisotopic (exact) mass is 273 g/mol. The number of hydrogen-bond donors (Lipinski definition) is 3. The van der Waals surface area contributed by atoms with E-state index in [-0.39, 0.29) is 5.91 Å². The van der Waals surface area contributed by atoms with Crippen LogP contribution in [0, 0.1) is 0 Å². The van der Waals surface area contributed by atoms with Gasteiger partial charge < -0.3 is 10.6 Å². The highest BCUT2D eigenvalue weighted by Crippen LogP contribution is 2.11. The van der Waals surface area contributed by atoms with E-state index >= 15 is 0 Å². The summed E-state index contributed by atoms with van der Waals surface area (Å²) in [5.74, 6) is 0.697. The summed E-state index contributed by atoms with van der Waals surface area (Å²) in [6.07, 6.45) is 2.38. The first-order chi connectivity index (χ1) is 9.78. The zero-order valence-electron chi connectivity index (χ0n) is 11.5. The van der Waals surface area contributed by atoms with Gasteiger partial charge in [0.25, 0.3) is 0 Å². The van der Waals surface area contributed by atoms with Gasteiger partial charge in [-0.05, 0) is 24.2 Å². The molecule has 1 aromatic heterocycles. The predicted molar refractivity (Wildman–Crippen MR) is 77.2 cm³/mol. The third-order valence-corrected chi connectivity index (χ3v) is 2.84. The van der Waals surface area contributed by atoms with E-state index < -0.39 is 0 Å². The number of aromatic nitrogens is 3. The van der Waals surface area contributed by atoms with Crippen molar-refractivity contribution in [1.29, 1.82) is 0 Å². The van der Waals surface area contributed by atoms with Gasteiger partial charge in [-0.3, -0.25) is 9.89 Å². The number of hydrogen-bond acceptors (Lipinski definition) is 4. The van der Waals surface area contributed by atoms with Gasteiger partial charge in [0.05, 0.1) is 0 Å². The van der Waals surface area contributed by atoms with Crippen LogP contribution in [-0.2, 0) is 17.8 Å². The molecule has 0 aliphatic heterocycles. The fraction of sp³-hybridized carbons (Fsp3) is 0.357. The molecule has 6 nitrogen and oxygen atoms in total. The Morgan fingerprint density at radius 3 is 3.05 bits per heavy atom. The number of nitrogens with one attached hydrogen (secondary N) is 3. The molecule has 3 N–H and O–H groups in total. The SMILES string of the molecule is CCNCc1cccc(NC(=O)CCc2ncn[nH]2)c1. The molecule has 1 heterocycles. The lowest BCUT2D eigenvalue weighted by Crippen LogP contribution is -2.14. The second kappa shape index (κ2) is 7.40. The van der Waals surface area contributed by atoms with Gasteiger partial charge in [-0.2, -0.15) is 5.10 Å². The molecule has 20 heavy (non-hydrogen) atoms. The second-order valence-corrected chi connectivity index (χ2v) is 4.46. The minimum atomic E-state index is -0.0259. The van der Waals surface area contributed by atoms with Crippen molar-refractivity contribution in [3.8, 4) is 0 Å². The lowest BCUT2D eigenvalue weighted by Gasteiger charge is -2.07. The Labute approximate surface area is 118 Å². The topological polar surface area (TPSA) is 82.7 Å². The zero-order valence-corrected chi connectivity index (χ0v) is 11.5. The Balaban J connectivity index is 1.84. The van der Waals surface area contributed by atoms with Crippen molar-refractivity contribution in [2.45, 2.75) is 26.3 Å². The van der Waals surface area contributed by atoms with Crippen LogP contribution in [0.4, 0.5) is 5.69 Å². The summed E-state index contributed by atoms with van der Waals surface area (Å²) in [7, 11) is 0. The van der Waals surface area contributed by atoms with Gasteiger partial charge in [0.1, 0.15) is 12.2 Å². The molecule has 0 aliphatic rings. The molecule has 0 saturated carbocycles. The van der Waals surface area contributed by atoms with Gasteiger partial charge in [-0.1, -0.05) is 19.1 Å². The number of benzene rings is 1. The molecule has 6 heteroatoms. The van der Waals surface area contributed by atoms with Gasteiger partial charge in [0.2, 0.25) is 5.91 Å². The lowest BCUT2D eigenvalue weighted by atomic mass is 10.2. The predicted octanol–water partition coefficient (Wildman–Crippen LogP) is 1.49. The van der Waals surface area contributed by atoms with Crippen LogP contribution in [0.25, 0.3) is 0 Å². The maximum atomic E-state index is 11.8. The molecular weight excluding hydrogens is 254 g/mol. The van der Waals surface area contributed by atoms with Crippen LogP contribution in [0.2, 0.25) is 0 Å². The third-order valence-electron chi connectivity index (χ3n) is 2.84. The number of carbonyl (C=O) groups excluding carboxylic acids is 1. The Morgan fingerprint density at radius 2 is 2.30 bits per heavy atom. The highest BCUT2D eigenvalue weighted by molar-refractivity contribution is 5.90. The van der Waals surface area contributed by atoms with Crippen molar-refractivity contribution in [2.24, 2.45) is 0 Å². The molecule has 0 spiro atoms. The molecule has 0 fully saturated rings. The zero-order chi connectivity index (χ0) is 14.2. The smallest absolute Gasteiger partial charge is 0.224 e. The molecule has 0 bridgehead atoms. The van der Waals surface area contributed by atoms with Crippen molar-refractivity contribution in [3.63, 3.8) is 0 Å². The van der Waals surface area contributed by atoms with Crippen LogP contribution in [0.1, 0.15) is 24.7 Å². The third kappa shape index (κ3) is 4.47. The number of nitrogens with zero attached hydrogens (tertiary/aromatic N) is 2. The first kappa shape index (κ1) is 14.2. The van der Waals surface area contributed by atoms with Crippen LogP contribution in [0.3, 0.4) is 0 Å². The highest BCUT2D eigenvalue weighted by atomic mass is 16.1. The van der Waals surface area contributed by atoms with E-state index in [1.807, 2.05) is 24.3 Å². The molecule has 1 amide bonds. The van der Waals surface area contributed by atoms with E-state index in [1.165, 1.54) is 6.33 Å². The summed E-state index contributed by atoms with van der Waals surface area (Å²) in [6.45, 7) is 3.79. The number of aromatic amines is 1. The van der Waals surface area contributed by atoms with Crippen molar-refractivity contribution in [3.05, 3.63) is 42.0 Å². The van der Waals surface area contributed by atoms with Gasteiger partial charge >= 0.3 is 0 Å². The number of carbonyl (C=O) groups is 1. The van der Waals surface area contributed by atoms with Gasteiger partial charge in [-0.15, -0.1) is 0 Å². The fourth-order valence-corrected chi connectivity index (χ4v) is 1.84. The number of rotatable bonds is 7. The minimum Gasteiger partial charge on any atom is -0.326 e. The minimum absolute atomic E-state index is 0.0259. The van der Waals surface area contributed by atoms with E-state index in [1.54, 1.807) is 0 Å². The lowest BCUT2D eigenvalue weighted by molar-refractivity contribution is -0.116. The Bertz CT molecular complexity index is 538. The van der Waals surface area contributed by atoms with Crippen LogP contribution in [0.5, 0.6) is 0 Å². The van der Waals surface area contributed by atoms with E-state index in [0.717, 1.165) is 30.2 Å². The molecule has 106 valence electrons. The number of aryl methyl sites for hydroxylation is 1. The first-order valence-corrected chi connectivity index (χ1v) is 6.71. The summed E-state index contributed by atoms with van der Waals surface area (Å²) in [6, 6.07) is 7.85. The normalized spacial score (nSPS) is 10.4. The average Bonchev–Trinajstić information content (AvgIpc) is 2.97. The Kier molecular flexibility index (Phi) is 5.25. The number of amides is 1. The Hall–Kier alpha value is -2.21. The Morgan fingerprint density at radius 1 is 1.40 bits per heavy atom. The molecule has 0 aliphatic carbocycles. The van der Waals surface area contributed by atoms with Crippen molar-refractivity contribution >= 4 is 11.6 Å². The van der Waals surface area contributed by atoms with Crippen molar-refractivity contribution in [1.82, 2.24) is 20.5 Å². The molecule has 2 rings (SSSR count). The van der Waals surface area contributed by atoms with Crippen LogP contribution in [0.15, 0.2) is 30.6 Å². The molecule has 2 aromatic rings. The van der Waals surface area contributed by atoms with Gasteiger partial charge in [-0.25, -0.2) is 4.98 Å². The van der Waals surface area contributed by atoms with Crippen LogP contribution >= 0.6 is 0 Å². The molecular formula is C14H19N5O. The first-order valence-electron chi connectivity index (χ1n) is 6.71. The fourth-order valence-electron chi connectivity index (χ4n) is 1.84. The highest BCUT2D eigenvalue weighted by Gasteiger charge is 2.05.